The largest absolute Gasteiger partial charge is 0.507 e. The van der Waals surface area contributed by atoms with Gasteiger partial charge in [0, 0.05) is 39.0 Å². The molecule has 14 nitrogen and oxygen atoms in total. The zero-order valence-electron chi connectivity index (χ0n) is 28.5. The monoisotopic (exact) mass is 780 g/mol. The molecule has 2 N–H and O–H groups in total. The van der Waals surface area contributed by atoms with Gasteiger partial charge in [0.2, 0.25) is 0 Å². The van der Waals surface area contributed by atoms with Gasteiger partial charge in [0.1, 0.15) is 35.5 Å². The van der Waals surface area contributed by atoms with Crippen LogP contribution in [0.3, 0.4) is 0 Å². The Hall–Kier alpha value is -3.89. The van der Waals surface area contributed by atoms with Crippen molar-refractivity contribution in [2.24, 2.45) is 0 Å². The first-order valence-corrected chi connectivity index (χ1v) is 14.4. The molecule has 0 unspecified atom stereocenters. The van der Waals surface area contributed by atoms with Gasteiger partial charge in [-0.25, -0.2) is 9.59 Å². The molecular weight excluding hydrogens is 739 g/mol. The van der Waals surface area contributed by atoms with Gasteiger partial charge in [-0.15, -0.1) is 0 Å². The quantitative estimate of drug-likeness (QED) is 0.135. The molecule has 48 heavy (non-hydrogen) atoms. The van der Waals surface area contributed by atoms with E-state index in [9.17, 15) is 39.0 Å². The smallest absolute Gasteiger partial charge is 0.341 e. The second-order valence-corrected chi connectivity index (χ2v) is 8.05. The molecule has 0 amide bonds. The number of carbonyl (C=O) groups is 6. The minimum atomic E-state index is -0.536. The summed E-state index contributed by atoms with van der Waals surface area (Å²) in [5.41, 5.74) is 0.415. The van der Waals surface area contributed by atoms with Crippen LogP contribution in [0.25, 0.3) is 0 Å². The number of carbonyl (C=O) groups excluding carboxylic acids is 6. The van der Waals surface area contributed by atoms with Crippen molar-refractivity contribution in [3.63, 3.8) is 0 Å². The summed E-state index contributed by atoms with van der Waals surface area (Å²) < 4.78 is 27.5. The van der Waals surface area contributed by atoms with Crippen LogP contribution >= 0.6 is 0 Å². The number of benzene rings is 2. The Bertz CT molecular complexity index is 1100. The molecule has 0 saturated heterocycles. The molecule has 2 rings (SSSR count). The molecule has 0 bridgehead atoms. The molecule has 2 aromatic carbocycles. The molecule has 2 aromatic rings. The van der Waals surface area contributed by atoms with E-state index in [1.165, 1.54) is 24.3 Å². The van der Waals surface area contributed by atoms with Gasteiger partial charge in [0.25, 0.3) is 0 Å². The molecule has 0 aromatic heterocycles. The van der Waals surface area contributed by atoms with Crippen molar-refractivity contribution >= 4 is 35.8 Å². The molecule has 0 atom stereocenters. The predicted molar refractivity (Wildman–Crippen MR) is 164 cm³/mol. The summed E-state index contributed by atoms with van der Waals surface area (Å²) in [6.07, 6.45) is -0.580. The minimum absolute atomic E-state index is 0. The number of ether oxygens (including phenoxy) is 6. The number of esters is 6. The molecule has 260 valence electrons. The number of hydrogen-bond donors (Lipinski definition) is 2. The first-order chi connectivity index (χ1) is 21.9. The molecule has 0 aliphatic heterocycles. The zero-order chi connectivity index (χ0) is 35.3. The third-order valence-electron chi connectivity index (χ3n) is 4.60. The summed E-state index contributed by atoms with van der Waals surface area (Å²) in [6, 6.07) is 12.6. The normalized spacial score (nSPS) is 8.79. The van der Waals surface area contributed by atoms with Gasteiger partial charge < -0.3 is 38.6 Å². The van der Waals surface area contributed by atoms with Crippen LogP contribution in [0.5, 0.6) is 11.5 Å². The van der Waals surface area contributed by atoms with Crippen LogP contribution in [0.1, 0.15) is 75.1 Å². The maximum absolute atomic E-state index is 11.1. The third kappa shape index (κ3) is 26.2. The van der Waals surface area contributed by atoms with Crippen LogP contribution < -0.4 is 0 Å². The summed E-state index contributed by atoms with van der Waals surface area (Å²) in [5.74, 6) is -3.22. The Labute approximate surface area is 306 Å². The van der Waals surface area contributed by atoms with Gasteiger partial charge in [0.05, 0.1) is 39.6 Å². The van der Waals surface area contributed by atoms with Gasteiger partial charge in [0.15, 0.2) is 0 Å². The van der Waals surface area contributed by atoms with Crippen LogP contribution in [0.2, 0.25) is 0 Å². The molecule has 16 heteroatoms. The van der Waals surface area contributed by atoms with Gasteiger partial charge in [-0.1, -0.05) is 24.3 Å². The van der Waals surface area contributed by atoms with Crippen molar-refractivity contribution in [3.8, 4) is 11.5 Å². The SMILES string of the molecule is CCOC(=O)CC(=O)OCC.CCOC(=O)CC(=O)OCC.CCOC(=O)c1ccccc1O.CCOC(=O)c1ccccc1O.[Zn].[Zn]. The summed E-state index contributed by atoms with van der Waals surface area (Å²) in [4.78, 5) is 64.6. The van der Waals surface area contributed by atoms with Crippen molar-refractivity contribution < 1.29 is 106 Å². The van der Waals surface area contributed by atoms with Gasteiger partial charge in [-0.3, -0.25) is 19.2 Å². The molecule has 0 saturated carbocycles. The second-order valence-electron chi connectivity index (χ2n) is 8.05. The van der Waals surface area contributed by atoms with Gasteiger partial charge in [-0.05, 0) is 65.8 Å². The van der Waals surface area contributed by atoms with E-state index < -0.39 is 35.8 Å². The number of phenols is 2. The Morgan fingerprint density at radius 3 is 0.875 bits per heavy atom. The predicted octanol–water partition coefficient (Wildman–Crippen LogP) is 4.14. The molecule has 0 aliphatic carbocycles. The summed E-state index contributed by atoms with van der Waals surface area (Å²) in [6.45, 7) is 12.0. The zero-order valence-corrected chi connectivity index (χ0v) is 34.4. The number of phenolic OH excluding ortho intramolecular Hbond substituents is 2. The van der Waals surface area contributed by atoms with Crippen molar-refractivity contribution in [3.05, 3.63) is 59.7 Å². The van der Waals surface area contributed by atoms with Crippen molar-refractivity contribution in [1.82, 2.24) is 0 Å². The molecule has 0 heterocycles. The van der Waals surface area contributed by atoms with Crippen LogP contribution in [-0.4, -0.2) is 85.7 Å². The van der Waals surface area contributed by atoms with E-state index in [-0.39, 0.29) is 101 Å². The minimum Gasteiger partial charge on any atom is -0.507 e. The number of rotatable bonds is 12. The average molecular weight is 783 g/mol. The van der Waals surface area contributed by atoms with Crippen molar-refractivity contribution in [2.75, 3.05) is 39.6 Å². The molecule has 0 fully saturated rings. The maximum atomic E-state index is 11.1. The molecule has 0 radical (unpaired) electrons. The average Bonchev–Trinajstić information content (AvgIpc) is 2.99. The second kappa shape index (κ2) is 33.0. The van der Waals surface area contributed by atoms with E-state index in [1.54, 1.807) is 65.8 Å². The Morgan fingerprint density at radius 2 is 0.667 bits per heavy atom. The van der Waals surface area contributed by atoms with Crippen LogP contribution in [0, 0.1) is 0 Å². The summed E-state index contributed by atoms with van der Waals surface area (Å²) in [5, 5.41) is 18.4. The van der Waals surface area contributed by atoms with Crippen LogP contribution in [0.4, 0.5) is 0 Å². The first-order valence-electron chi connectivity index (χ1n) is 14.4. The Morgan fingerprint density at radius 1 is 0.438 bits per heavy atom. The van der Waals surface area contributed by atoms with E-state index in [0.717, 1.165) is 0 Å². The topological polar surface area (TPSA) is 198 Å². The molecule has 0 aliphatic rings. The number of aromatic hydroxyl groups is 2. The Kier molecular flexibility index (Phi) is 35.1. The fourth-order valence-corrected chi connectivity index (χ4v) is 2.79. The third-order valence-corrected chi connectivity index (χ3v) is 4.60. The van der Waals surface area contributed by atoms with E-state index >= 15 is 0 Å². The van der Waals surface area contributed by atoms with Crippen LogP contribution in [-0.2, 0) is 86.6 Å². The number of hydrogen-bond acceptors (Lipinski definition) is 14. The fourth-order valence-electron chi connectivity index (χ4n) is 2.79. The molecular formula is C32H44O14Zn2. The van der Waals surface area contributed by atoms with Crippen LogP contribution in [0.15, 0.2) is 48.5 Å². The first kappa shape index (κ1) is 51.0. The fraction of sp³-hybridized carbons (Fsp3) is 0.438. The maximum Gasteiger partial charge on any atom is 0.341 e. The summed E-state index contributed by atoms with van der Waals surface area (Å²) >= 11 is 0. The van der Waals surface area contributed by atoms with Gasteiger partial charge in [-0.2, -0.15) is 0 Å². The molecule has 0 spiro atoms. The van der Waals surface area contributed by atoms with E-state index in [1.807, 2.05) is 0 Å². The summed E-state index contributed by atoms with van der Waals surface area (Å²) in [7, 11) is 0. The van der Waals surface area contributed by atoms with Gasteiger partial charge >= 0.3 is 35.8 Å². The van der Waals surface area contributed by atoms with E-state index in [2.05, 4.69) is 18.9 Å². The van der Waals surface area contributed by atoms with E-state index in [4.69, 9.17) is 9.47 Å². The van der Waals surface area contributed by atoms with E-state index in [0.29, 0.717) is 13.2 Å². The van der Waals surface area contributed by atoms with Crippen molar-refractivity contribution in [2.45, 2.75) is 54.4 Å². The number of para-hydroxylation sites is 2. The standard InChI is InChI=1S/2C9H10O3.2C7H12O4.2Zn/c2*1-2-12-9(11)7-5-3-4-6-8(7)10;2*1-3-10-6(8)5-7(9)11-4-2;;/h2*3-6,10H,2H2,1H3;2*3-5H2,1-2H3;;. The van der Waals surface area contributed by atoms with Crippen molar-refractivity contribution in [1.29, 1.82) is 0 Å². The Balaban J connectivity index is -0.000000266.